The molecule has 4 fully saturated rings. The van der Waals surface area contributed by atoms with Crippen LogP contribution < -0.4 is 21.3 Å². The lowest BCUT2D eigenvalue weighted by Crippen LogP contribution is -2.54. The number of hydrogen-bond acceptors (Lipinski definition) is 8. The Balaban J connectivity index is 1.29. The fourth-order valence-electron chi connectivity index (χ4n) is 8.44. The fraction of sp³-hybridized carbons (Fsp3) is 0.675. The maximum absolute atomic E-state index is 14.5. The fourth-order valence-corrected chi connectivity index (χ4v) is 9.34. The van der Waals surface area contributed by atoms with Gasteiger partial charge in [0.15, 0.2) is 5.78 Å². The molecular formula is C40H55Cl2N5O8. The standard InChI is InChI=1S/C40H55Cl2N5O8/c1-39(2,3)55-38(54)46-31(23-15-8-6-9-16-23)33(49)25-20-26-30(40(26,41)42)29(25)35(51)44-27(19-22-13-12-14-22)34(50)36(52)43-21-28(48)45-32(37(53)47(4)5)24-17-10-7-11-18-24/h7,10-11,17-18,22-23,25-27,29-32H,6,8-9,12-16,19-21H2,1-5H3,(H,43,52)(H,44,51)(H,45,48)(H,46,54)/t25?,26-,27?,29-,30-,31-,32-/m0/s1. The third-order valence-corrected chi connectivity index (χ3v) is 12.6. The molecule has 1 aromatic carbocycles. The van der Waals surface area contributed by atoms with Gasteiger partial charge in [-0.2, -0.15) is 0 Å². The van der Waals surface area contributed by atoms with Crippen molar-refractivity contribution >= 4 is 64.5 Å². The highest BCUT2D eigenvalue weighted by Gasteiger charge is 2.74. The van der Waals surface area contributed by atoms with Crippen molar-refractivity contribution in [3.63, 3.8) is 0 Å². The average molecular weight is 805 g/mol. The monoisotopic (exact) mass is 803 g/mol. The zero-order valence-corrected chi connectivity index (χ0v) is 33.8. The van der Waals surface area contributed by atoms with Crippen molar-refractivity contribution in [2.24, 2.45) is 35.5 Å². The number of ketones is 2. The van der Waals surface area contributed by atoms with Gasteiger partial charge in [0.25, 0.3) is 5.91 Å². The number of Topliss-reactive ketones (excluding diaryl/α,β-unsaturated/α-hetero) is 2. The molecule has 302 valence electrons. The number of amides is 5. The van der Waals surface area contributed by atoms with Gasteiger partial charge in [-0.3, -0.25) is 28.8 Å². The molecule has 5 amide bonds. The van der Waals surface area contributed by atoms with Crippen LogP contribution >= 0.6 is 23.2 Å². The van der Waals surface area contributed by atoms with Crippen molar-refractivity contribution < 1.29 is 38.3 Å². The van der Waals surface area contributed by atoms with Gasteiger partial charge in [-0.1, -0.05) is 68.9 Å². The number of rotatable bonds is 15. The second-order valence-electron chi connectivity index (χ2n) is 16.9. The molecule has 4 aliphatic carbocycles. The first kappa shape index (κ1) is 42.4. The Kier molecular flexibility index (Phi) is 13.6. The normalized spacial score (nSPS) is 24.8. The number of likely N-dealkylation sites (N-methyl/N-ethyl adjacent to an activating group) is 1. The summed E-state index contributed by atoms with van der Waals surface area (Å²) in [5.41, 5.74) is -0.239. The summed E-state index contributed by atoms with van der Waals surface area (Å²) in [6.45, 7) is 4.63. The van der Waals surface area contributed by atoms with Crippen LogP contribution in [0.1, 0.15) is 96.6 Å². The number of alkyl carbamates (subject to hydrolysis) is 1. The summed E-state index contributed by atoms with van der Waals surface area (Å²) in [6.07, 6.45) is 6.66. The van der Waals surface area contributed by atoms with Crippen LogP contribution in [-0.4, -0.2) is 88.8 Å². The van der Waals surface area contributed by atoms with E-state index in [1.807, 2.05) is 0 Å². The van der Waals surface area contributed by atoms with Crippen LogP contribution in [0.25, 0.3) is 0 Å². The Morgan fingerprint density at radius 1 is 0.891 bits per heavy atom. The number of ether oxygens (including phenoxy) is 1. The zero-order chi connectivity index (χ0) is 40.2. The summed E-state index contributed by atoms with van der Waals surface area (Å²) in [4.78, 5) is 95.9. The molecule has 0 aliphatic heterocycles. The Morgan fingerprint density at radius 2 is 1.55 bits per heavy atom. The van der Waals surface area contributed by atoms with Gasteiger partial charge in [-0.05, 0) is 69.8 Å². The van der Waals surface area contributed by atoms with E-state index >= 15 is 0 Å². The molecule has 55 heavy (non-hydrogen) atoms. The number of benzene rings is 1. The van der Waals surface area contributed by atoms with Crippen molar-refractivity contribution in [2.45, 2.75) is 113 Å². The van der Waals surface area contributed by atoms with Crippen LogP contribution in [0.15, 0.2) is 30.3 Å². The van der Waals surface area contributed by atoms with E-state index < -0.39 is 82.0 Å². The van der Waals surface area contributed by atoms with Gasteiger partial charge in [0, 0.05) is 25.9 Å². The Morgan fingerprint density at radius 3 is 2.13 bits per heavy atom. The minimum absolute atomic E-state index is 0.0950. The predicted molar refractivity (Wildman–Crippen MR) is 206 cm³/mol. The molecule has 0 radical (unpaired) electrons. The van der Waals surface area contributed by atoms with Gasteiger partial charge < -0.3 is 30.9 Å². The lowest BCUT2D eigenvalue weighted by molar-refractivity contribution is -0.142. The van der Waals surface area contributed by atoms with Crippen LogP contribution in [-0.2, 0) is 33.5 Å². The maximum Gasteiger partial charge on any atom is 0.408 e. The number of carbonyl (C=O) groups excluding carboxylic acids is 7. The number of alkyl halides is 2. The van der Waals surface area contributed by atoms with Gasteiger partial charge in [0.05, 0.1) is 24.5 Å². The van der Waals surface area contributed by atoms with Crippen LogP contribution in [0, 0.1) is 35.5 Å². The highest BCUT2D eigenvalue weighted by molar-refractivity contribution is 6.51. The Bertz CT molecular complexity index is 1620. The van der Waals surface area contributed by atoms with Crippen molar-refractivity contribution in [3.8, 4) is 0 Å². The molecular weight excluding hydrogens is 749 g/mol. The molecule has 13 nitrogen and oxygen atoms in total. The van der Waals surface area contributed by atoms with Gasteiger partial charge in [-0.15, -0.1) is 23.2 Å². The number of carbonyl (C=O) groups is 7. The number of fused-ring (bicyclic) bond motifs is 1. The molecule has 5 rings (SSSR count). The second kappa shape index (κ2) is 17.6. The number of nitrogens with zero attached hydrogens (tertiary/aromatic N) is 1. The molecule has 7 atom stereocenters. The van der Waals surface area contributed by atoms with E-state index in [1.54, 1.807) is 65.2 Å². The van der Waals surface area contributed by atoms with E-state index in [2.05, 4.69) is 21.3 Å². The molecule has 0 spiro atoms. The first-order valence-electron chi connectivity index (χ1n) is 19.5. The number of halogens is 2. The zero-order valence-electron chi connectivity index (χ0n) is 32.3. The molecule has 1 aromatic rings. The summed E-state index contributed by atoms with van der Waals surface area (Å²) in [5.74, 6) is -6.72. The van der Waals surface area contributed by atoms with E-state index in [-0.39, 0.29) is 42.3 Å². The summed E-state index contributed by atoms with van der Waals surface area (Å²) < 4.78 is 4.28. The molecule has 0 aromatic heterocycles. The number of nitrogens with one attached hydrogen (secondary N) is 4. The molecule has 15 heteroatoms. The van der Waals surface area contributed by atoms with Crippen LogP contribution in [0.4, 0.5) is 4.79 Å². The highest BCUT2D eigenvalue weighted by Crippen LogP contribution is 2.71. The van der Waals surface area contributed by atoms with E-state index in [0.717, 1.165) is 51.4 Å². The smallest absolute Gasteiger partial charge is 0.408 e. The van der Waals surface area contributed by atoms with Crippen molar-refractivity contribution in [2.75, 3.05) is 20.6 Å². The first-order valence-corrected chi connectivity index (χ1v) is 20.2. The van der Waals surface area contributed by atoms with Crippen molar-refractivity contribution in [3.05, 3.63) is 35.9 Å². The largest absolute Gasteiger partial charge is 0.444 e. The summed E-state index contributed by atoms with van der Waals surface area (Å²) in [7, 11) is 3.12. The van der Waals surface area contributed by atoms with Gasteiger partial charge in [-0.25, -0.2) is 4.79 Å². The molecule has 0 saturated heterocycles. The predicted octanol–water partition coefficient (Wildman–Crippen LogP) is 4.39. The summed E-state index contributed by atoms with van der Waals surface area (Å²) in [6, 6.07) is 5.52. The van der Waals surface area contributed by atoms with Crippen LogP contribution in [0.5, 0.6) is 0 Å². The maximum atomic E-state index is 14.5. The van der Waals surface area contributed by atoms with E-state index in [9.17, 15) is 33.6 Å². The molecule has 2 unspecified atom stereocenters. The van der Waals surface area contributed by atoms with E-state index in [0.29, 0.717) is 5.56 Å². The molecule has 4 saturated carbocycles. The van der Waals surface area contributed by atoms with Gasteiger partial charge >= 0.3 is 6.09 Å². The third kappa shape index (κ3) is 10.4. The highest BCUT2D eigenvalue weighted by atomic mass is 35.5. The Labute approximate surface area is 333 Å². The van der Waals surface area contributed by atoms with E-state index in [1.165, 1.54) is 4.90 Å². The van der Waals surface area contributed by atoms with Gasteiger partial charge in [0.2, 0.25) is 23.5 Å². The van der Waals surface area contributed by atoms with Crippen molar-refractivity contribution in [1.29, 1.82) is 0 Å². The SMILES string of the molecule is CN(C)C(=O)[C@@H](NC(=O)CNC(=O)C(=O)C(CC1CCC1)NC(=O)[C@H]1C(C(=O)[C@@H](NC(=O)OC(C)(C)C)C2CCCCC2)C[C@H]2[C@@H]1C2(Cl)Cl)c1ccccc1. The molecule has 0 bridgehead atoms. The molecule has 4 N–H and O–H groups in total. The Hall–Kier alpha value is -3.71. The van der Waals surface area contributed by atoms with Crippen LogP contribution in [0.3, 0.4) is 0 Å². The van der Waals surface area contributed by atoms with Crippen LogP contribution in [0.2, 0.25) is 0 Å². The second-order valence-corrected chi connectivity index (χ2v) is 18.3. The topological polar surface area (TPSA) is 180 Å². The molecule has 0 heterocycles. The molecule has 4 aliphatic rings. The lowest BCUT2D eigenvalue weighted by Gasteiger charge is -2.35. The average Bonchev–Trinajstić information content (AvgIpc) is 3.41. The number of hydrogen-bond donors (Lipinski definition) is 4. The summed E-state index contributed by atoms with van der Waals surface area (Å²) in [5, 5.41) is 10.6. The minimum atomic E-state index is -1.23. The van der Waals surface area contributed by atoms with E-state index in [4.69, 9.17) is 27.9 Å². The first-order chi connectivity index (χ1) is 25.9. The summed E-state index contributed by atoms with van der Waals surface area (Å²) >= 11 is 13.3. The minimum Gasteiger partial charge on any atom is -0.444 e. The van der Waals surface area contributed by atoms with Crippen molar-refractivity contribution in [1.82, 2.24) is 26.2 Å². The lowest BCUT2D eigenvalue weighted by atomic mass is 9.76. The quantitative estimate of drug-likeness (QED) is 0.149. The third-order valence-electron chi connectivity index (χ3n) is 11.5. The van der Waals surface area contributed by atoms with Gasteiger partial charge in [0.1, 0.15) is 16.0 Å².